The quantitative estimate of drug-likeness (QED) is 0.810. The molecular weight excluding hydrogens is 190 g/mol. The number of aromatic nitrogens is 3. The number of nitrogens with zero attached hydrogens (tertiary/aromatic N) is 2. The number of H-pyrrole nitrogens is 1. The Labute approximate surface area is 89.7 Å². The van der Waals surface area contributed by atoms with E-state index in [1.807, 2.05) is 6.92 Å². The van der Waals surface area contributed by atoms with E-state index in [-0.39, 0.29) is 11.7 Å². The fraction of sp³-hybridized carbons (Fsp3) is 0.818. The highest BCUT2D eigenvalue weighted by Gasteiger charge is 2.23. The molecule has 1 atom stereocenters. The van der Waals surface area contributed by atoms with Gasteiger partial charge in [0.15, 0.2) is 0 Å². The Morgan fingerprint density at radius 1 is 1.40 bits per heavy atom. The molecule has 1 saturated carbocycles. The van der Waals surface area contributed by atoms with Gasteiger partial charge >= 0.3 is 5.69 Å². The van der Waals surface area contributed by atoms with Crippen LogP contribution in [0.25, 0.3) is 0 Å². The number of aryl methyl sites for hydroxylation is 1. The van der Waals surface area contributed by atoms with Crippen molar-refractivity contribution in [1.29, 1.82) is 0 Å². The van der Waals surface area contributed by atoms with Crippen molar-refractivity contribution in [2.24, 2.45) is 5.92 Å². The van der Waals surface area contributed by atoms with Gasteiger partial charge in [0.05, 0.1) is 0 Å². The van der Waals surface area contributed by atoms with Gasteiger partial charge < -0.3 is 0 Å². The zero-order valence-corrected chi connectivity index (χ0v) is 9.49. The predicted octanol–water partition coefficient (Wildman–Crippen LogP) is 2.02. The van der Waals surface area contributed by atoms with E-state index in [0.29, 0.717) is 5.92 Å². The van der Waals surface area contributed by atoms with Crippen molar-refractivity contribution in [3.63, 3.8) is 0 Å². The lowest BCUT2D eigenvalue weighted by Crippen LogP contribution is -2.28. The van der Waals surface area contributed by atoms with Crippen LogP contribution in [0.4, 0.5) is 0 Å². The normalized spacial score (nSPS) is 20.4. The first kappa shape index (κ1) is 10.5. The highest BCUT2D eigenvalue weighted by molar-refractivity contribution is 4.88. The van der Waals surface area contributed by atoms with Gasteiger partial charge in [-0.05, 0) is 32.6 Å². The maximum Gasteiger partial charge on any atom is 0.343 e. The third-order valence-corrected chi connectivity index (χ3v) is 3.62. The van der Waals surface area contributed by atoms with Crippen LogP contribution in [0.1, 0.15) is 50.9 Å². The molecule has 0 radical (unpaired) electrons. The molecule has 1 fully saturated rings. The summed E-state index contributed by atoms with van der Waals surface area (Å²) < 4.78 is 1.80. The van der Waals surface area contributed by atoms with Crippen molar-refractivity contribution in [2.45, 2.75) is 52.0 Å². The summed E-state index contributed by atoms with van der Waals surface area (Å²) in [5.74, 6) is 1.45. The van der Waals surface area contributed by atoms with Crippen LogP contribution in [-0.2, 0) is 0 Å². The lowest BCUT2D eigenvalue weighted by atomic mass is 9.84. The second-order valence-electron chi connectivity index (χ2n) is 4.58. The average Bonchev–Trinajstić information content (AvgIpc) is 2.59. The van der Waals surface area contributed by atoms with Gasteiger partial charge in [-0.25, -0.2) is 9.89 Å². The van der Waals surface area contributed by atoms with Crippen molar-refractivity contribution in [3.05, 3.63) is 16.3 Å². The Balaban J connectivity index is 2.19. The van der Waals surface area contributed by atoms with Crippen LogP contribution in [0, 0.1) is 12.8 Å². The minimum atomic E-state index is -0.0643. The van der Waals surface area contributed by atoms with Crippen LogP contribution in [0.3, 0.4) is 0 Å². The zero-order valence-electron chi connectivity index (χ0n) is 9.49. The molecule has 15 heavy (non-hydrogen) atoms. The lowest BCUT2D eigenvalue weighted by Gasteiger charge is -2.28. The molecule has 0 spiro atoms. The number of nitrogens with one attached hydrogen (secondary N) is 1. The minimum Gasteiger partial charge on any atom is -0.276 e. The smallest absolute Gasteiger partial charge is 0.276 e. The van der Waals surface area contributed by atoms with Crippen LogP contribution in [0.5, 0.6) is 0 Å². The van der Waals surface area contributed by atoms with Gasteiger partial charge in [0.2, 0.25) is 0 Å². The largest absolute Gasteiger partial charge is 0.343 e. The third-order valence-electron chi connectivity index (χ3n) is 3.62. The summed E-state index contributed by atoms with van der Waals surface area (Å²) in [5, 5.41) is 6.47. The van der Waals surface area contributed by atoms with Crippen molar-refractivity contribution in [2.75, 3.05) is 0 Å². The van der Waals surface area contributed by atoms with E-state index in [1.165, 1.54) is 32.1 Å². The monoisotopic (exact) mass is 209 g/mol. The van der Waals surface area contributed by atoms with E-state index in [0.717, 1.165) is 5.82 Å². The molecule has 0 amide bonds. The van der Waals surface area contributed by atoms with E-state index in [1.54, 1.807) is 4.57 Å². The Hall–Kier alpha value is -1.06. The van der Waals surface area contributed by atoms with Crippen LogP contribution in [0.2, 0.25) is 0 Å². The molecule has 0 aromatic carbocycles. The van der Waals surface area contributed by atoms with E-state index in [9.17, 15) is 4.79 Å². The molecule has 1 aromatic heterocycles. The number of hydrogen-bond acceptors (Lipinski definition) is 2. The molecule has 1 aromatic rings. The first-order valence-electron chi connectivity index (χ1n) is 5.83. The molecule has 1 heterocycles. The SMILES string of the molecule is Cc1n[nH]c(=O)n1[C@@H](C)C1CCCCC1. The first-order valence-corrected chi connectivity index (χ1v) is 5.83. The van der Waals surface area contributed by atoms with Crippen LogP contribution < -0.4 is 5.69 Å². The highest BCUT2D eigenvalue weighted by atomic mass is 16.1. The summed E-state index contributed by atoms with van der Waals surface area (Å²) in [5.41, 5.74) is -0.0643. The molecule has 0 unspecified atom stereocenters. The van der Waals surface area contributed by atoms with Crippen LogP contribution >= 0.6 is 0 Å². The summed E-state index contributed by atoms with van der Waals surface area (Å²) in [6.07, 6.45) is 6.46. The summed E-state index contributed by atoms with van der Waals surface area (Å²) in [4.78, 5) is 11.6. The fourth-order valence-corrected chi connectivity index (χ4v) is 2.69. The van der Waals surface area contributed by atoms with Gasteiger partial charge in [-0.3, -0.25) is 4.57 Å². The molecule has 1 N–H and O–H groups in total. The summed E-state index contributed by atoms with van der Waals surface area (Å²) >= 11 is 0. The molecule has 0 bridgehead atoms. The Morgan fingerprint density at radius 3 is 2.60 bits per heavy atom. The maximum absolute atomic E-state index is 11.6. The second-order valence-corrected chi connectivity index (χ2v) is 4.58. The molecule has 1 aliphatic carbocycles. The maximum atomic E-state index is 11.6. The number of aromatic amines is 1. The average molecular weight is 209 g/mol. The lowest BCUT2D eigenvalue weighted by molar-refractivity contribution is 0.257. The molecule has 0 aliphatic heterocycles. The highest BCUT2D eigenvalue weighted by Crippen LogP contribution is 2.32. The summed E-state index contributed by atoms with van der Waals surface area (Å²) in [6, 6.07) is 0.288. The molecule has 84 valence electrons. The van der Waals surface area contributed by atoms with Gasteiger partial charge in [-0.1, -0.05) is 19.3 Å². The molecule has 4 heteroatoms. The van der Waals surface area contributed by atoms with Crippen molar-refractivity contribution < 1.29 is 0 Å². The second kappa shape index (κ2) is 4.21. The van der Waals surface area contributed by atoms with E-state index in [2.05, 4.69) is 17.1 Å². The fourth-order valence-electron chi connectivity index (χ4n) is 2.69. The van der Waals surface area contributed by atoms with E-state index in [4.69, 9.17) is 0 Å². The zero-order chi connectivity index (χ0) is 10.8. The molecular formula is C11H19N3O. The molecule has 1 aliphatic rings. The Morgan fingerprint density at radius 2 is 2.07 bits per heavy atom. The van der Waals surface area contributed by atoms with Gasteiger partial charge in [0.25, 0.3) is 0 Å². The number of rotatable bonds is 2. The molecule has 2 rings (SSSR count). The molecule has 0 saturated heterocycles. The van der Waals surface area contributed by atoms with Crippen molar-refractivity contribution in [1.82, 2.24) is 14.8 Å². The van der Waals surface area contributed by atoms with Gasteiger partial charge in [-0.2, -0.15) is 5.10 Å². The predicted molar refractivity (Wildman–Crippen MR) is 58.9 cm³/mol. The Kier molecular flexibility index (Phi) is 2.93. The van der Waals surface area contributed by atoms with E-state index >= 15 is 0 Å². The topological polar surface area (TPSA) is 50.7 Å². The molecule has 4 nitrogen and oxygen atoms in total. The van der Waals surface area contributed by atoms with E-state index < -0.39 is 0 Å². The third kappa shape index (κ3) is 1.98. The van der Waals surface area contributed by atoms with Crippen LogP contribution in [0.15, 0.2) is 4.79 Å². The minimum absolute atomic E-state index is 0.0643. The van der Waals surface area contributed by atoms with Gasteiger partial charge in [0, 0.05) is 6.04 Å². The summed E-state index contributed by atoms with van der Waals surface area (Å²) in [6.45, 7) is 4.02. The summed E-state index contributed by atoms with van der Waals surface area (Å²) in [7, 11) is 0. The Bertz CT molecular complexity index is 373. The van der Waals surface area contributed by atoms with Crippen molar-refractivity contribution in [3.8, 4) is 0 Å². The van der Waals surface area contributed by atoms with Gasteiger partial charge in [0.1, 0.15) is 5.82 Å². The van der Waals surface area contributed by atoms with Crippen LogP contribution in [-0.4, -0.2) is 14.8 Å². The standard InChI is InChI=1S/C11H19N3O/c1-8(10-6-4-3-5-7-10)14-9(2)12-13-11(14)15/h8,10H,3-7H2,1-2H3,(H,13,15)/t8-/m0/s1. The first-order chi connectivity index (χ1) is 7.20. The number of hydrogen-bond donors (Lipinski definition) is 1. The van der Waals surface area contributed by atoms with Crippen molar-refractivity contribution >= 4 is 0 Å². The van der Waals surface area contributed by atoms with Gasteiger partial charge in [-0.15, -0.1) is 0 Å².